The van der Waals surface area contributed by atoms with E-state index in [2.05, 4.69) is 0 Å². The summed E-state index contributed by atoms with van der Waals surface area (Å²) in [5.41, 5.74) is -2.55. The summed E-state index contributed by atoms with van der Waals surface area (Å²) in [7, 11) is 0. The summed E-state index contributed by atoms with van der Waals surface area (Å²) in [5, 5.41) is -0.102. The van der Waals surface area contributed by atoms with E-state index in [0.717, 1.165) is 23.9 Å². The summed E-state index contributed by atoms with van der Waals surface area (Å²) in [5.74, 6) is 0. The minimum Gasteiger partial charge on any atom is -0.166 e. The van der Waals surface area contributed by atoms with Crippen LogP contribution in [0.1, 0.15) is 25.0 Å². The molecule has 18 heavy (non-hydrogen) atoms. The molecule has 0 fully saturated rings. The summed E-state index contributed by atoms with van der Waals surface area (Å²) >= 11 is 0.959. The van der Waals surface area contributed by atoms with Gasteiger partial charge in [-0.25, -0.2) is 0 Å². The maximum absolute atomic E-state index is 12.5. The van der Waals surface area contributed by atoms with Crippen LogP contribution in [0.25, 0.3) is 0 Å². The quantitative estimate of drug-likeness (QED) is 0.530. The maximum atomic E-state index is 12.5. The Kier molecular flexibility index (Phi) is 4.25. The highest BCUT2D eigenvalue weighted by atomic mass is 32.2. The highest BCUT2D eigenvalue weighted by Crippen LogP contribution is 2.38. The number of alkyl halides is 6. The lowest BCUT2D eigenvalue weighted by molar-refractivity contribution is -0.143. The molecule has 0 unspecified atom stereocenters. The Bertz CT molecular complexity index is 386. The molecule has 102 valence electrons. The molecule has 0 atom stereocenters. The monoisotopic (exact) mass is 288 g/mol. The molecule has 0 aliphatic rings. The van der Waals surface area contributed by atoms with Crippen LogP contribution in [-0.2, 0) is 12.4 Å². The van der Waals surface area contributed by atoms with Gasteiger partial charge in [0.2, 0.25) is 0 Å². The molecule has 1 aromatic rings. The van der Waals surface area contributed by atoms with Crippen LogP contribution >= 0.6 is 11.8 Å². The van der Waals surface area contributed by atoms with Crippen molar-refractivity contribution in [1.82, 2.24) is 0 Å². The van der Waals surface area contributed by atoms with Crippen LogP contribution < -0.4 is 0 Å². The second-order valence-corrected chi connectivity index (χ2v) is 5.56. The fourth-order valence-corrected chi connectivity index (χ4v) is 2.20. The van der Waals surface area contributed by atoms with Crippen molar-refractivity contribution in [2.75, 3.05) is 0 Å². The average molecular weight is 288 g/mol. The topological polar surface area (TPSA) is 0 Å². The number of halogens is 6. The zero-order valence-electron chi connectivity index (χ0n) is 9.49. The van der Waals surface area contributed by atoms with Crippen LogP contribution in [0.3, 0.4) is 0 Å². The number of rotatable bonds is 2. The molecule has 0 radical (unpaired) electrons. The molecule has 0 amide bonds. The molecule has 7 heteroatoms. The van der Waals surface area contributed by atoms with E-state index >= 15 is 0 Å². The predicted molar refractivity (Wildman–Crippen MR) is 57.4 cm³/mol. The molecule has 0 bridgehead atoms. The molecular formula is C11H10F6S. The van der Waals surface area contributed by atoms with Gasteiger partial charge in [-0.1, -0.05) is 13.8 Å². The first-order chi connectivity index (χ1) is 8.00. The Labute approximate surface area is 104 Å². The molecule has 0 heterocycles. The molecule has 0 saturated carbocycles. The molecule has 0 aliphatic heterocycles. The third-order valence-electron chi connectivity index (χ3n) is 1.93. The van der Waals surface area contributed by atoms with E-state index in [1.54, 1.807) is 13.8 Å². The van der Waals surface area contributed by atoms with E-state index in [1.807, 2.05) is 0 Å². The molecular weight excluding hydrogens is 278 g/mol. The predicted octanol–water partition coefficient (Wildman–Crippen LogP) is 5.22. The van der Waals surface area contributed by atoms with Crippen molar-refractivity contribution in [2.45, 2.75) is 36.3 Å². The Balaban J connectivity index is 3.29. The first kappa shape index (κ1) is 15.2. The van der Waals surface area contributed by atoms with Crippen molar-refractivity contribution < 1.29 is 26.3 Å². The second kappa shape index (κ2) is 5.03. The van der Waals surface area contributed by atoms with E-state index in [0.29, 0.717) is 0 Å². The maximum Gasteiger partial charge on any atom is 0.416 e. The lowest BCUT2D eigenvalue weighted by atomic mass is 10.1. The lowest BCUT2D eigenvalue weighted by Crippen LogP contribution is -2.11. The van der Waals surface area contributed by atoms with Gasteiger partial charge in [0, 0.05) is 10.1 Å². The van der Waals surface area contributed by atoms with Gasteiger partial charge in [0.05, 0.1) is 11.1 Å². The molecule has 0 nitrogen and oxygen atoms in total. The Morgan fingerprint density at radius 3 is 1.50 bits per heavy atom. The second-order valence-electron chi connectivity index (χ2n) is 3.91. The Morgan fingerprint density at radius 2 is 1.22 bits per heavy atom. The Morgan fingerprint density at radius 1 is 0.833 bits per heavy atom. The normalized spacial score (nSPS) is 13.2. The van der Waals surface area contributed by atoms with Crippen molar-refractivity contribution in [2.24, 2.45) is 0 Å². The van der Waals surface area contributed by atoms with Gasteiger partial charge in [-0.2, -0.15) is 26.3 Å². The average Bonchev–Trinajstić information content (AvgIpc) is 2.13. The van der Waals surface area contributed by atoms with Gasteiger partial charge in [0.25, 0.3) is 0 Å². The third-order valence-corrected chi connectivity index (χ3v) is 2.91. The lowest BCUT2D eigenvalue weighted by Gasteiger charge is -2.14. The summed E-state index contributed by atoms with van der Waals surface area (Å²) in [6.45, 7) is 3.39. The van der Waals surface area contributed by atoms with Crippen molar-refractivity contribution >= 4 is 11.8 Å². The van der Waals surface area contributed by atoms with E-state index in [9.17, 15) is 26.3 Å². The molecule has 0 aromatic heterocycles. The fraction of sp³-hybridized carbons (Fsp3) is 0.455. The largest absolute Gasteiger partial charge is 0.416 e. The van der Waals surface area contributed by atoms with Crippen LogP contribution in [0.15, 0.2) is 23.1 Å². The summed E-state index contributed by atoms with van der Waals surface area (Å²) in [6.07, 6.45) is -9.57. The van der Waals surface area contributed by atoms with Gasteiger partial charge in [0.15, 0.2) is 0 Å². The molecule has 1 aromatic carbocycles. The van der Waals surface area contributed by atoms with Gasteiger partial charge in [-0.3, -0.25) is 0 Å². The van der Waals surface area contributed by atoms with E-state index in [4.69, 9.17) is 0 Å². The van der Waals surface area contributed by atoms with E-state index < -0.39 is 23.5 Å². The standard InChI is InChI=1S/C11H10F6S/c1-6(2)18-9-4-7(10(12,13)14)3-8(5-9)11(15,16)17/h3-6H,1-2H3. The van der Waals surface area contributed by atoms with Gasteiger partial charge in [-0.05, 0) is 18.2 Å². The van der Waals surface area contributed by atoms with E-state index in [1.165, 1.54) is 0 Å². The van der Waals surface area contributed by atoms with Gasteiger partial charge < -0.3 is 0 Å². The van der Waals surface area contributed by atoms with E-state index in [-0.39, 0.29) is 16.2 Å². The van der Waals surface area contributed by atoms with Crippen molar-refractivity contribution in [1.29, 1.82) is 0 Å². The van der Waals surface area contributed by atoms with Crippen molar-refractivity contribution in [3.63, 3.8) is 0 Å². The number of benzene rings is 1. The molecule has 0 spiro atoms. The molecule has 1 rings (SSSR count). The number of hydrogen-bond donors (Lipinski definition) is 0. The number of thioether (sulfide) groups is 1. The summed E-state index contributed by atoms with van der Waals surface area (Å²) in [4.78, 5) is -0.0350. The molecule has 0 saturated heterocycles. The van der Waals surface area contributed by atoms with Crippen LogP contribution in [0.5, 0.6) is 0 Å². The highest BCUT2D eigenvalue weighted by Gasteiger charge is 2.36. The zero-order chi connectivity index (χ0) is 14.1. The SMILES string of the molecule is CC(C)Sc1cc(C(F)(F)F)cc(C(F)(F)F)c1. The molecule has 0 aliphatic carbocycles. The van der Waals surface area contributed by atoms with Crippen LogP contribution in [0.4, 0.5) is 26.3 Å². The highest BCUT2D eigenvalue weighted by molar-refractivity contribution is 7.99. The van der Waals surface area contributed by atoms with Crippen molar-refractivity contribution in [3.8, 4) is 0 Å². The van der Waals surface area contributed by atoms with Crippen LogP contribution in [0.2, 0.25) is 0 Å². The first-order valence-electron chi connectivity index (χ1n) is 4.96. The Hall–Kier alpha value is -0.850. The van der Waals surface area contributed by atoms with Crippen LogP contribution in [-0.4, -0.2) is 5.25 Å². The molecule has 0 N–H and O–H groups in total. The van der Waals surface area contributed by atoms with Crippen LogP contribution in [0, 0.1) is 0 Å². The van der Waals surface area contributed by atoms with Gasteiger partial charge in [0.1, 0.15) is 0 Å². The fourth-order valence-electron chi connectivity index (χ4n) is 1.27. The smallest absolute Gasteiger partial charge is 0.166 e. The van der Waals surface area contributed by atoms with Gasteiger partial charge >= 0.3 is 12.4 Å². The van der Waals surface area contributed by atoms with Crippen molar-refractivity contribution in [3.05, 3.63) is 29.3 Å². The summed E-state index contributed by atoms with van der Waals surface area (Å²) in [6, 6.07) is 1.60. The van der Waals surface area contributed by atoms with Gasteiger partial charge in [-0.15, -0.1) is 11.8 Å². The zero-order valence-corrected chi connectivity index (χ0v) is 10.3. The minimum atomic E-state index is -4.78. The minimum absolute atomic E-state index is 0.0350. The summed E-state index contributed by atoms with van der Waals surface area (Å²) < 4.78 is 75.0. The third kappa shape index (κ3) is 4.12. The number of hydrogen-bond acceptors (Lipinski definition) is 1. The first-order valence-corrected chi connectivity index (χ1v) is 5.84.